The second kappa shape index (κ2) is 8.37. The topological polar surface area (TPSA) is 75.7 Å². The quantitative estimate of drug-likeness (QED) is 0.730. The number of hydrogen-bond acceptors (Lipinski definition) is 5. The number of nitrogens with zero attached hydrogens (tertiary/aromatic N) is 1. The SMILES string of the molecule is C[C@H](OC(=O)c1c(-c2ccccc2)csc1NC(=O)C1CC1)C(=O)N1CCCC1. The van der Waals surface area contributed by atoms with E-state index in [1.54, 1.807) is 11.8 Å². The highest BCUT2D eigenvalue weighted by Crippen LogP contribution is 2.38. The van der Waals surface area contributed by atoms with Crippen LogP contribution < -0.4 is 5.32 Å². The number of rotatable bonds is 6. The van der Waals surface area contributed by atoms with Crippen LogP contribution in [-0.4, -0.2) is 41.9 Å². The lowest BCUT2D eigenvalue weighted by Crippen LogP contribution is -2.38. The van der Waals surface area contributed by atoms with Gasteiger partial charge in [0.05, 0.1) is 0 Å². The van der Waals surface area contributed by atoms with Gasteiger partial charge in [0.1, 0.15) is 10.6 Å². The van der Waals surface area contributed by atoms with Crippen molar-refractivity contribution in [2.45, 2.75) is 38.7 Å². The molecule has 1 aliphatic carbocycles. The van der Waals surface area contributed by atoms with Gasteiger partial charge in [-0.25, -0.2) is 4.79 Å². The largest absolute Gasteiger partial charge is 0.449 e. The van der Waals surface area contributed by atoms with Gasteiger partial charge in [-0.1, -0.05) is 30.3 Å². The number of carbonyl (C=O) groups is 3. The van der Waals surface area contributed by atoms with E-state index in [0.717, 1.165) is 31.2 Å². The van der Waals surface area contributed by atoms with E-state index in [9.17, 15) is 14.4 Å². The Bertz CT molecular complexity index is 914. The lowest BCUT2D eigenvalue weighted by Gasteiger charge is -2.20. The van der Waals surface area contributed by atoms with Gasteiger partial charge in [0.25, 0.3) is 5.91 Å². The Morgan fingerprint density at radius 3 is 2.48 bits per heavy atom. The van der Waals surface area contributed by atoms with Crippen LogP contribution in [0.2, 0.25) is 0 Å². The summed E-state index contributed by atoms with van der Waals surface area (Å²) in [6.07, 6.45) is 2.85. The molecule has 6 nitrogen and oxygen atoms in total. The summed E-state index contributed by atoms with van der Waals surface area (Å²) in [5.41, 5.74) is 1.88. The summed E-state index contributed by atoms with van der Waals surface area (Å²) in [5, 5.41) is 5.21. The van der Waals surface area contributed by atoms with Crippen molar-refractivity contribution in [3.63, 3.8) is 0 Å². The average molecular weight is 413 g/mol. The number of ether oxygens (including phenoxy) is 1. The van der Waals surface area contributed by atoms with Crippen LogP contribution in [-0.2, 0) is 14.3 Å². The first-order valence-electron chi connectivity index (χ1n) is 10.0. The van der Waals surface area contributed by atoms with E-state index in [-0.39, 0.29) is 17.7 Å². The van der Waals surface area contributed by atoms with Crippen molar-refractivity contribution in [2.75, 3.05) is 18.4 Å². The first-order chi connectivity index (χ1) is 14.0. The molecule has 2 heterocycles. The van der Waals surface area contributed by atoms with Crippen molar-refractivity contribution < 1.29 is 19.1 Å². The van der Waals surface area contributed by atoms with E-state index in [0.29, 0.717) is 29.2 Å². The van der Waals surface area contributed by atoms with Crippen LogP contribution >= 0.6 is 11.3 Å². The number of thiophene rings is 1. The molecule has 0 radical (unpaired) electrons. The first kappa shape index (κ1) is 19.6. The molecule has 1 aliphatic heterocycles. The van der Waals surface area contributed by atoms with E-state index < -0.39 is 12.1 Å². The van der Waals surface area contributed by atoms with E-state index in [2.05, 4.69) is 5.32 Å². The Morgan fingerprint density at radius 2 is 1.83 bits per heavy atom. The Kier molecular flexibility index (Phi) is 5.67. The molecule has 29 heavy (non-hydrogen) atoms. The molecule has 1 saturated carbocycles. The molecule has 1 N–H and O–H groups in total. The highest BCUT2D eigenvalue weighted by atomic mass is 32.1. The minimum absolute atomic E-state index is 0.0248. The molecule has 0 spiro atoms. The lowest BCUT2D eigenvalue weighted by molar-refractivity contribution is -0.138. The third-order valence-electron chi connectivity index (χ3n) is 5.31. The van der Waals surface area contributed by atoms with E-state index in [4.69, 9.17) is 4.74 Å². The first-order valence-corrected chi connectivity index (χ1v) is 10.9. The number of carbonyl (C=O) groups excluding carboxylic acids is 3. The second-order valence-corrected chi connectivity index (χ2v) is 8.44. The van der Waals surface area contributed by atoms with Gasteiger partial charge in [-0.2, -0.15) is 0 Å². The van der Waals surface area contributed by atoms with Crippen molar-refractivity contribution >= 4 is 34.1 Å². The molecule has 4 rings (SSSR count). The van der Waals surface area contributed by atoms with Crippen LogP contribution in [0.3, 0.4) is 0 Å². The Balaban J connectivity index is 1.58. The molecule has 152 valence electrons. The lowest BCUT2D eigenvalue weighted by atomic mass is 10.0. The maximum absolute atomic E-state index is 13.1. The Hall–Kier alpha value is -2.67. The molecule has 2 aromatic rings. The van der Waals surface area contributed by atoms with Crippen molar-refractivity contribution in [1.29, 1.82) is 0 Å². The van der Waals surface area contributed by atoms with Gasteiger partial charge in [0.15, 0.2) is 6.10 Å². The zero-order valence-corrected chi connectivity index (χ0v) is 17.2. The number of hydrogen-bond donors (Lipinski definition) is 1. The maximum atomic E-state index is 13.1. The molecule has 1 atom stereocenters. The molecule has 1 aromatic carbocycles. The van der Waals surface area contributed by atoms with Gasteiger partial charge >= 0.3 is 5.97 Å². The van der Waals surface area contributed by atoms with Crippen molar-refractivity contribution in [2.24, 2.45) is 5.92 Å². The molecule has 1 saturated heterocycles. The number of amides is 2. The van der Waals surface area contributed by atoms with Crippen molar-refractivity contribution in [3.8, 4) is 11.1 Å². The van der Waals surface area contributed by atoms with E-state index in [1.807, 2.05) is 35.7 Å². The number of anilines is 1. The fourth-order valence-corrected chi connectivity index (χ4v) is 4.47. The normalized spacial score (nSPS) is 17.1. The van der Waals surface area contributed by atoms with Gasteiger partial charge in [-0.3, -0.25) is 9.59 Å². The summed E-state index contributed by atoms with van der Waals surface area (Å²) in [6, 6.07) is 9.50. The standard InChI is InChI=1S/C22H24N2O4S/c1-14(21(26)24-11-5-6-12-24)28-22(27)18-17(15-7-3-2-4-8-15)13-29-20(18)23-19(25)16-9-10-16/h2-4,7-8,13-14,16H,5-6,9-12H2,1H3,(H,23,25)/t14-/m0/s1. The summed E-state index contributed by atoms with van der Waals surface area (Å²) in [6.45, 7) is 3.02. The maximum Gasteiger partial charge on any atom is 0.342 e. The number of likely N-dealkylation sites (tertiary alicyclic amines) is 1. The van der Waals surface area contributed by atoms with Gasteiger partial charge in [0.2, 0.25) is 5.91 Å². The molecule has 2 fully saturated rings. The third kappa shape index (κ3) is 4.34. The molecule has 2 aliphatic rings. The van der Waals surface area contributed by atoms with Crippen molar-refractivity contribution in [3.05, 3.63) is 41.3 Å². The Morgan fingerprint density at radius 1 is 1.14 bits per heavy atom. The van der Waals surface area contributed by atoms with Gasteiger partial charge in [-0.05, 0) is 38.2 Å². The molecule has 0 unspecified atom stereocenters. The predicted molar refractivity (Wildman–Crippen MR) is 112 cm³/mol. The minimum Gasteiger partial charge on any atom is -0.449 e. The highest BCUT2D eigenvalue weighted by Gasteiger charge is 2.33. The van der Waals surface area contributed by atoms with Gasteiger partial charge < -0.3 is 15.0 Å². The fraction of sp³-hybridized carbons (Fsp3) is 0.409. The van der Waals surface area contributed by atoms with Crippen LogP contribution in [0.1, 0.15) is 43.0 Å². The monoisotopic (exact) mass is 412 g/mol. The summed E-state index contributed by atoms with van der Waals surface area (Å²) < 4.78 is 5.55. The van der Waals surface area contributed by atoms with Crippen LogP contribution in [0.5, 0.6) is 0 Å². The van der Waals surface area contributed by atoms with E-state index in [1.165, 1.54) is 11.3 Å². The minimum atomic E-state index is -0.865. The van der Waals surface area contributed by atoms with Crippen LogP contribution in [0.25, 0.3) is 11.1 Å². The number of nitrogens with one attached hydrogen (secondary N) is 1. The van der Waals surface area contributed by atoms with Crippen molar-refractivity contribution in [1.82, 2.24) is 4.90 Å². The van der Waals surface area contributed by atoms with Crippen LogP contribution in [0.4, 0.5) is 5.00 Å². The van der Waals surface area contributed by atoms with Crippen LogP contribution in [0.15, 0.2) is 35.7 Å². The number of benzene rings is 1. The summed E-state index contributed by atoms with van der Waals surface area (Å²) in [7, 11) is 0. The predicted octanol–water partition coefficient (Wildman–Crippen LogP) is 3.93. The van der Waals surface area contributed by atoms with Crippen LogP contribution in [0, 0.1) is 5.92 Å². The summed E-state index contributed by atoms with van der Waals surface area (Å²) >= 11 is 1.31. The highest BCUT2D eigenvalue weighted by molar-refractivity contribution is 7.15. The smallest absolute Gasteiger partial charge is 0.342 e. The second-order valence-electron chi connectivity index (χ2n) is 7.56. The summed E-state index contributed by atoms with van der Waals surface area (Å²) in [5.74, 6) is -0.800. The zero-order valence-electron chi connectivity index (χ0n) is 16.3. The summed E-state index contributed by atoms with van der Waals surface area (Å²) in [4.78, 5) is 39.6. The Labute approximate surface area is 173 Å². The molecular formula is C22H24N2O4S. The zero-order chi connectivity index (χ0) is 20.4. The van der Waals surface area contributed by atoms with Gasteiger partial charge in [-0.15, -0.1) is 11.3 Å². The molecular weight excluding hydrogens is 388 g/mol. The van der Waals surface area contributed by atoms with E-state index >= 15 is 0 Å². The molecule has 1 aromatic heterocycles. The third-order valence-corrected chi connectivity index (χ3v) is 6.21. The molecule has 0 bridgehead atoms. The molecule has 7 heteroatoms. The number of esters is 1. The van der Waals surface area contributed by atoms with Gasteiger partial charge in [0, 0.05) is 30.0 Å². The molecule has 2 amide bonds. The average Bonchev–Trinajstić information content (AvgIpc) is 3.28. The fourth-order valence-electron chi connectivity index (χ4n) is 3.51.